The van der Waals surface area contributed by atoms with Gasteiger partial charge >= 0.3 is 6.09 Å². The zero-order valence-electron chi connectivity index (χ0n) is 27.4. The number of hydrogen-bond acceptors (Lipinski definition) is 9. The minimum Gasteiger partial charge on any atom is -0.497 e. The zero-order chi connectivity index (χ0) is 33.0. The molecule has 0 saturated carbocycles. The number of carbonyl (C=O) groups is 1. The van der Waals surface area contributed by atoms with E-state index in [4.69, 9.17) is 14.2 Å². The van der Waals surface area contributed by atoms with Crippen molar-refractivity contribution < 1.29 is 23.4 Å². The summed E-state index contributed by atoms with van der Waals surface area (Å²) >= 11 is 0. The van der Waals surface area contributed by atoms with Crippen LogP contribution in [0, 0.1) is 26.6 Å². The Morgan fingerprint density at radius 1 is 1.00 bits per heavy atom. The minimum atomic E-state index is -0.627. The maximum atomic E-state index is 15.3. The predicted molar refractivity (Wildman–Crippen MR) is 178 cm³/mol. The molecule has 1 fully saturated rings. The highest BCUT2D eigenvalue weighted by atomic mass is 19.1. The highest BCUT2D eigenvalue weighted by Crippen LogP contribution is 2.30. The summed E-state index contributed by atoms with van der Waals surface area (Å²) in [7, 11) is 5.21. The van der Waals surface area contributed by atoms with Crippen LogP contribution in [-0.4, -0.2) is 67.9 Å². The van der Waals surface area contributed by atoms with Crippen LogP contribution >= 0.6 is 0 Å². The quantitative estimate of drug-likeness (QED) is 0.219. The second-order valence-corrected chi connectivity index (χ2v) is 11.7. The average Bonchev–Trinajstić information content (AvgIpc) is 3.03. The standard InChI is InChI=1S/C35H41FN6O4/c1-22-14-23(2)33(24(3)15-22)46-35(43)42(21-26-16-28(44-6)19-29(17-26)45-7)32-10-11-37-34(39-32)38-27-8-9-31(30(36)18-27)41-13-12-40(5)25(4)20-41/h8-11,14-19,25H,12-13,20-21H2,1-7H3,(H,37,38,39). The molecule has 5 rings (SSSR count). The lowest BCUT2D eigenvalue weighted by molar-refractivity contribution is 0.206. The number of hydrogen-bond donors (Lipinski definition) is 1. The molecule has 2 heterocycles. The number of likely N-dealkylation sites (N-methyl/N-ethyl adjacent to an activating group) is 1. The SMILES string of the molecule is COc1cc(CN(C(=O)Oc2c(C)cc(C)cc2C)c2ccnc(Nc3ccc(N4CCN(C)C(C)C4)c(F)c3)n2)cc(OC)c1. The fourth-order valence-corrected chi connectivity index (χ4v) is 5.65. The Labute approximate surface area is 269 Å². The minimum absolute atomic E-state index is 0.0968. The number of methoxy groups -OCH3 is 2. The summed E-state index contributed by atoms with van der Waals surface area (Å²) in [4.78, 5) is 28.6. The monoisotopic (exact) mass is 628 g/mol. The van der Waals surface area contributed by atoms with Crippen LogP contribution in [0.15, 0.2) is 60.8 Å². The topological polar surface area (TPSA) is 92.3 Å². The summed E-state index contributed by atoms with van der Waals surface area (Å²) in [5, 5.41) is 3.09. The van der Waals surface area contributed by atoms with Gasteiger partial charge in [0.25, 0.3) is 0 Å². The number of benzene rings is 3. The summed E-state index contributed by atoms with van der Waals surface area (Å²) in [6.45, 7) is 10.4. The molecule has 1 aliphatic rings. The Balaban J connectivity index is 1.43. The van der Waals surface area contributed by atoms with Gasteiger partial charge in [-0.05, 0) is 87.8 Å². The maximum absolute atomic E-state index is 15.3. The molecule has 0 spiro atoms. The number of anilines is 4. The molecule has 1 atom stereocenters. The molecule has 3 aromatic carbocycles. The number of aromatic nitrogens is 2. The van der Waals surface area contributed by atoms with E-state index in [1.165, 1.54) is 17.2 Å². The Morgan fingerprint density at radius 3 is 2.33 bits per heavy atom. The van der Waals surface area contributed by atoms with Crippen LogP contribution in [0.1, 0.15) is 29.2 Å². The lowest BCUT2D eigenvalue weighted by atomic mass is 10.1. The van der Waals surface area contributed by atoms with Crippen molar-refractivity contribution in [1.82, 2.24) is 14.9 Å². The summed E-state index contributed by atoms with van der Waals surface area (Å²) in [6.07, 6.45) is 0.911. The molecule has 1 amide bonds. The molecule has 1 aromatic heterocycles. The van der Waals surface area contributed by atoms with Crippen molar-refractivity contribution in [3.63, 3.8) is 0 Å². The van der Waals surface area contributed by atoms with E-state index in [0.717, 1.165) is 41.9 Å². The van der Waals surface area contributed by atoms with Crippen molar-refractivity contribution in [2.45, 2.75) is 40.3 Å². The molecule has 11 heteroatoms. The zero-order valence-corrected chi connectivity index (χ0v) is 27.4. The smallest absolute Gasteiger partial charge is 0.421 e. The maximum Gasteiger partial charge on any atom is 0.421 e. The van der Waals surface area contributed by atoms with Gasteiger partial charge in [-0.2, -0.15) is 4.98 Å². The number of amides is 1. The first-order valence-electron chi connectivity index (χ1n) is 15.2. The highest BCUT2D eigenvalue weighted by molar-refractivity contribution is 5.88. The van der Waals surface area contributed by atoms with Crippen LogP contribution in [0.3, 0.4) is 0 Å². The van der Waals surface area contributed by atoms with Crippen LogP contribution in [0.25, 0.3) is 0 Å². The van der Waals surface area contributed by atoms with E-state index >= 15 is 4.39 Å². The first-order valence-corrected chi connectivity index (χ1v) is 15.2. The Morgan fingerprint density at radius 2 is 1.70 bits per heavy atom. The van der Waals surface area contributed by atoms with Crippen LogP contribution in [0.4, 0.5) is 32.3 Å². The van der Waals surface area contributed by atoms with Crippen molar-refractivity contribution in [2.24, 2.45) is 0 Å². The van der Waals surface area contributed by atoms with Crippen LogP contribution < -0.4 is 29.3 Å². The third kappa shape index (κ3) is 7.48. The lowest BCUT2D eigenvalue weighted by Crippen LogP contribution is -2.50. The number of nitrogens with zero attached hydrogens (tertiary/aromatic N) is 5. The number of aryl methyl sites for hydroxylation is 3. The van der Waals surface area contributed by atoms with Gasteiger partial charge in [-0.1, -0.05) is 17.7 Å². The molecule has 0 bridgehead atoms. The molecule has 1 saturated heterocycles. The van der Waals surface area contributed by atoms with E-state index in [1.54, 1.807) is 38.5 Å². The van der Waals surface area contributed by atoms with E-state index in [-0.39, 0.29) is 24.1 Å². The molecule has 1 unspecified atom stereocenters. The van der Waals surface area contributed by atoms with Gasteiger partial charge in [0.1, 0.15) is 28.9 Å². The molecule has 0 aliphatic carbocycles. The number of rotatable bonds is 9. The van der Waals surface area contributed by atoms with Crippen molar-refractivity contribution in [3.8, 4) is 17.2 Å². The van der Waals surface area contributed by atoms with E-state index in [2.05, 4.69) is 39.1 Å². The summed E-state index contributed by atoms with van der Waals surface area (Å²) in [5.41, 5.74) is 4.53. The fraction of sp³-hybridized carbons (Fsp3) is 0.343. The second kappa shape index (κ2) is 14.0. The predicted octanol–water partition coefficient (Wildman–Crippen LogP) is 6.65. The summed E-state index contributed by atoms with van der Waals surface area (Å²) < 4.78 is 32.2. The van der Waals surface area contributed by atoms with Crippen molar-refractivity contribution >= 4 is 29.2 Å². The van der Waals surface area contributed by atoms with Crippen LogP contribution in [0.2, 0.25) is 0 Å². The first-order chi connectivity index (χ1) is 22.0. The molecular weight excluding hydrogens is 587 g/mol. The van der Waals surface area contributed by atoms with Crippen molar-refractivity contribution in [2.75, 3.05) is 56.0 Å². The third-order valence-electron chi connectivity index (χ3n) is 8.19. The van der Waals surface area contributed by atoms with Gasteiger partial charge in [-0.25, -0.2) is 14.2 Å². The number of nitrogens with one attached hydrogen (secondary N) is 1. The first kappa shape index (κ1) is 32.5. The van der Waals surface area contributed by atoms with E-state index in [0.29, 0.717) is 34.7 Å². The molecular formula is C35H41FN6O4. The third-order valence-corrected chi connectivity index (χ3v) is 8.19. The van der Waals surface area contributed by atoms with E-state index in [9.17, 15) is 4.79 Å². The van der Waals surface area contributed by atoms with Gasteiger partial charge in [0.05, 0.1) is 26.5 Å². The molecule has 242 valence electrons. The van der Waals surface area contributed by atoms with Crippen molar-refractivity contribution in [3.05, 3.63) is 88.9 Å². The van der Waals surface area contributed by atoms with Gasteiger partial charge in [0, 0.05) is 43.6 Å². The number of halogens is 1. The molecule has 46 heavy (non-hydrogen) atoms. The largest absolute Gasteiger partial charge is 0.497 e. The summed E-state index contributed by atoms with van der Waals surface area (Å²) in [5.74, 6) is 1.79. The van der Waals surface area contributed by atoms with Gasteiger partial charge in [0.15, 0.2) is 0 Å². The van der Waals surface area contributed by atoms with Crippen LogP contribution in [-0.2, 0) is 6.54 Å². The number of carbonyl (C=O) groups excluding carboxylic acids is 1. The lowest BCUT2D eigenvalue weighted by Gasteiger charge is -2.39. The van der Waals surface area contributed by atoms with Crippen molar-refractivity contribution in [1.29, 1.82) is 0 Å². The van der Waals surface area contributed by atoms with Gasteiger partial charge in [0.2, 0.25) is 5.95 Å². The summed E-state index contributed by atoms with van der Waals surface area (Å²) in [6, 6.07) is 16.3. The second-order valence-electron chi connectivity index (χ2n) is 11.7. The van der Waals surface area contributed by atoms with E-state index in [1.807, 2.05) is 45.0 Å². The molecule has 1 N–H and O–H groups in total. The highest BCUT2D eigenvalue weighted by Gasteiger charge is 2.25. The van der Waals surface area contributed by atoms with E-state index < -0.39 is 6.09 Å². The average molecular weight is 629 g/mol. The molecule has 0 radical (unpaired) electrons. The van der Waals surface area contributed by atoms with Gasteiger partial charge in [-0.15, -0.1) is 0 Å². The molecule has 1 aliphatic heterocycles. The Hall–Kier alpha value is -4.90. The molecule has 10 nitrogen and oxygen atoms in total. The van der Waals surface area contributed by atoms with Crippen LogP contribution in [0.5, 0.6) is 17.2 Å². The Bertz CT molecular complexity index is 1670. The Kier molecular flexibility index (Phi) is 9.91. The fourth-order valence-electron chi connectivity index (χ4n) is 5.65. The molecule has 4 aromatic rings. The number of piperazine rings is 1. The van der Waals surface area contributed by atoms with Gasteiger partial charge < -0.3 is 29.3 Å². The van der Waals surface area contributed by atoms with Gasteiger partial charge in [-0.3, -0.25) is 4.90 Å². The number of ether oxygens (including phenoxy) is 3. The normalized spacial score (nSPS) is 15.0.